The number of aryl methyl sites for hydroxylation is 1. The van der Waals surface area contributed by atoms with Crippen molar-refractivity contribution in [1.82, 2.24) is 9.97 Å². The number of fused-ring (bicyclic) bond motifs is 1. The fourth-order valence-electron chi connectivity index (χ4n) is 2.60. The number of rotatable bonds is 8. The predicted molar refractivity (Wildman–Crippen MR) is 101 cm³/mol. The molecule has 3 rings (SSSR count). The van der Waals surface area contributed by atoms with Crippen molar-refractivity contribution in [1.29, 1.82) is 0 Å². The molecule has 1 aromatic carbocycles. The minimum Gasteiger partial charge on any atom is -0.377 e. The van der Waals surface area contributed by atoms with Crippen LogP contribution in [0.2, 0.25) is 0 Å². The van der Waals surface area contributed by atoms with E-state index in [0.29, 0.717) is 6.61 Å². The highest BCUT2D eigenvalue weighted by molar-refractivity contribution is 7.18. The molecule has 24 heavy (non-hydrogen) atoms. The van der Waals surface area contributed by atoms with Crippen molar-refractivity contribution in [2.24, 2.45) is 0 Å². The van der Waals surface area contributed by atoms with Crippen LogP contribution in [0.5, 0.6) is 0 Å². The third kappa shape index (κ3) is 3.91. The Morgan fingerprint density at radius 3 is 2.75 bits per heavy atom. The van der Waals surface area contributed by atoms with Crippen molar-refractivity contribution >= 4 is 27.4 Å². The van der Waals surface area contributed by atoms with Gasteiger partial charge in [0.25, 0.3) is 0 Å². The van der Waals surface area contributed by atoms with E-state index in [4.69, 9.17) is 4.74 Å². The number of benzene rings is 1. The smallest absolute Gasteiger partial charge is 0.138 e. The van der Waals surface area contributed by atoms with Crippen LogP contribution in [0, 0.1) is 0 Å². The Morgan fingerprint density at radius 2 is 1.96 bits per heavy atom. The number of nitrogens with zero attached hydrogens (tertiary/aromatic N) is 2. The lowest BCUT2D eigenvalue weighted by Gasteiger charge is -2.11. The molecule has 0 amide bonds. The highest BCUT2D eigenvalue weighted by Gasteiger charge is 2.09. The van der Waals surface area contributed by atoms with Crippen LogP contribution in [-0.4, -0.2) is 16.6 Å². The van der Waals surface area contributed by atoms with Crippen molar-refractivity contribution in [2.75, 3.05) is 11.9 Å². The molecule has 0 saturated carbocycles. The molecule has 3 aromatic rings. The molecular weight excluding hydrogens is 318 g/mol. The molecule has 0 atom stereocenters. The van der Waals surface area contributed by atoms with Gasteiger partial charge in [-0.25, -0.2) is 9.97 Å². The van der Waals surface area contributed by atoms with E-state index in [1.165, 1.54) is 16.0 Å². The number of nitrogens with one attached hydrogen (secondary N) is 1. The molecule has 0 aliphatic carbocycles. The van der Waals surface area contributed by atoms with Gasteiger partial charge in [0, 0.05) is 18.0 Å². The minimum absolute atomic E-state index is 0.656. The molecule has 0 fully saturated rings. The number of thiophene rings is 1. The normalized spacial score (nSPS) is 11.1. The van der Waals surface area contributed by atoms with Crippen molar-refractivity contribution in [3.05, 3.63) is 52.7 Å². The van der Waals surface area contributed by atoms with Gasteiger partial charge in [0.2, 0.25) is 0 Å². The first-order valence-corrected chi connectivity index (χ1v) is 9.25. The Kier molecular flexibility index (Phi) is 5.77. The molecular formula is C19H23N3OS. The number of hydrogen-bond acceptors (Lipinski definition) is 5. The summed E-state index contributed by atoms with van der Waals surface area (Å²) in [5.74, 6) is 0.903. The molecule has 0 saturated heterocycles. The molecule has 0 radical (unpaired) electrons. The summed E-state index contributed by atoms with van der Waals surface area (Å²) in [5.41, 5.74) is 2.47. The van der Waals surface area contributed by atoms with Crippen LogP contribution in [0.4, 0.5) is 5.82 Å². The molecule has 1 N–H and O–H groups in total. The summed E-state index contributed by atoms with van der Waals surface area (Å²) in [7, 11) is 0. The molecule has 0 aliphatic heterocycles. The van der Waals surface area contributed by atoms with E-state index in [1.807, 2.05) is 0 Å². The van der Waals surface area contributed by atoms with Crippen LogP contribution in [0.15, 0.2) is 36.7 Å². The van der Waals surface area contributed by atoms with E-state index in [1.54, 1.807) is 17.7 Å². The van der Waals surface area contributed by atoms with Crippen LogP contribution in [0.3, 0.4) is 0 Å². The fraction of sp³-hybridized carbons (Fsp3) is 0.368. The Balaban J connectivity index is 1.75. The van der Waals surface area contributed by atoms with Crippen molar-refractivity contribution in [3.63, 3.8) is 0 Å². The third-order valence-electron chi connectivity index (χ3n) is 3.90. The van der Waals surface area contributed by atoms with Crippen LogP contribution in [0.25, 0.3) is 10.2 Å². The quantitative estimate of drug-likeness (QED) is 0.598. The van der Waals surface area contributed by atoms with Gasteiger partial charge < -0.3 is 10.1 Å². The molecule has 0 bridgehead atoms. The summed E-state index contributed by atoms with van der Waals surface area (Å²) < 4.78 is 5.70. The Bertz CT molecular complexity index is 800. The van der Waals surface area contributed by atoms with Crippen molar-refractivity contribution in [2.45, 2.75) is 39.8 Å². The highest BCUT2D eigenvalue weighted by Crippen LogP contribution is 2.28. The lowest BCUT2D eigenvalue weighted by atomic mass is 10.1. The van der Waals surface area contributed by atoms with Crippen LogP contribution >= 0.6 is 11.3 Å². The number of hydrogen-bond donors (Lipinski definition) is 1. The Labute approximate surface area is 146 Å². The van der Waals surface area contributed by atoms with Gasteiger partial charge in [0.05, 0.1) is 12.0 Å². The second-order valence-corrected chi connectivity index (χ2v) is 6.80. The maximum absolute atomic E-state index is 5.70. The topological polar surface area (TPSA) is 47.0 Å². The summed E-state index contributed by atoms with van der Waals surface area (Å²) in [5, 5.41) is 4.58. The van der Waals surface area contributed by atoms with Gasteiger partial charge in [-0.2, -0.15) is 0 Å². The molecule has 0 aliphatic rings. The van der Waals surface area contributed by atoms with E-state index in [0.717, 1.165) is 42.0 Å². The molecule has 5 heteroatoms. The maximum Gasteiger partial charge on any atom is 0.138 e. The summed E-state index contributed by atoms with van der Waals surface area (Å²) in [6, 6.07) is 10.6. The van der Waals surface area contributed by atoms with Gasteiger partial charge in [-0.3, -0.25) is 0 Å². The van der Waals surface area contributed by atoms with Crippen LogP contribution in [-0.2, 0) is 24.3 Å². The predicted octanol–water partition coefficient (Wildman–Crippen LogP) is 4.79. The number of anilines is 1. The van der Waals surface area contributed by atoms with E-state index in [-0.39, 0.29) is 0 Å². The first kappa shape index (κ1) is 16.9. The summed E-state index contributed by atoms with van der Waals surface area (Å²) in [6.07, 6.45) is 3.70. The second-order valence-electron chi connectivity index (χ2n) is 5.68. The lowest BCUT2D eigenvalue weighted by Crippen LogP contribution is -2.06. The average Bonchev–Trinajstić information content (AvgIpc) is 3.05. The Morgan fingerprint density at radius 1 is 1.12 bits per heavy atom. The monoisotopic (exact) mass is 341 g/mol. The molecule has 126 valence electrons. The van der Waals surface area contributed by atoms with Crippen LogP contribution in [0.1, 0.15) is 36.3 Å². The summed E-state index contributed by atoms with van der Waals surface area (Å²) in [6.45, 7) is 6.47. The first-order valence-electron chi connectivity index (χ1n) is 8.43. The van der Waals surface area contributed by atoms with Gasteiger partial charge in [-0.1, -0.05) is 38.1 Å². The third-order valence-corrected chi connectivity index (χ3v) is 5.09. The summed E-state index contributed by atoms with van der Waals surface area (Å²) >= 11 is 1.74. The minimum atomic E-state index is 0.656. The zero-order valence-corrected chi connectivity index (χ0v) is 15.0. The fourth-order valence-corrected chi connectivity index (χ4v) is 3.53. The zero-order valence-electron chi connectivity index (χ0n) is 14.2. The number of aromatic nitrogens is 2. The van der Waals surface area contributed by atoms with Gasteiger partial charge in [0.15, 0.2) is 0 Å². The van der Waals surface area contributed by atoms with Crippen LogP contribution < -0.4 is 5.32 Å². The number of ether oxygens (including phenoxy) is 1. The van der Waals surface area contributed by atoms with E-state index >= 15 is 0 Å². The molecule has 0 spiro atoms. The van der Waals surface area contributed by atoms with E-state index in [9.17, 15) is 0 Å². The lowest BCUT2D eigenvalue weighted by molar-refractivity contribution is 0.121. The first-order chi connectivity index (χ1) is 11.8. The van der Waals surface area contributed by atoms with Gasteiger partial charge in [-0.15, -0.1) is 11.3 Å². The largest absolute Gasteiger partial charge is 0.377 e. The molecule has 4 nitrogen and oxygen atoms in total. The maximum atomic E-state index is 5.70. The van der Waals surface area contributed by atoms with Gasteiger partial charge in [-0.05, 0) is 30.0 Å². The zero-order chi connectivity index (χ0) is 16.8. The van der Waals surface area contributed by atoms with E-state index < -0.39 is 0 Å². The molecule has 0 unspecified atom stereocenters. The average molecular weight is 341 g/mol. The van der Waals surface area contributed by atoms with Gasteiger partial charge >= 0.3 is 0 Å². The Hall–Kier alpha value is -1.98. The molecule has 2 heterocycles. The summed E-state index contributed by atoms with van der Waals surface area (Å²) in [4.78, 5) is 11.2. The van der Waals surface area contributed by atoms with Gasteiger partial charge in [0.1, 0.15) is 17.0 Å². The molecule has 2 aromatic heterocycles. The van der Waals surface area contributed by atoms with Crippen molar-refractivity contribution in [3.8, 4) is 0 Å². The second kappa shape index (κ2) is 8.22. The van der Waals surface area contributed by atoms with E-state index in [2.05, 4.69) is 59.5 Å². The van der Waals surface area contributed by atoms with Crippen molar-refractivity contribution < 1.29 is 4.74 Å². The highest BCUT2D eigenvalue weighted by atomic mass is 32.1. The SMILES string of the molecule is CCCOCc1ccccc1CNc1ncnc2sc(CC)cc12. The standard InChI is InChI=1S/C19H23N3OS/c1-3-9-23-12-15-8-6-5-7-14(15)11-20-18-17-10-16(4-2)24-19(17)22-13-21-18/h5-8,10,13H,3-4,9,11-12H2,1-2H3,(H,20,21,22).